The second-order valence-electron chi connectivity index (χ2n) is 6.03. The van der Waals surface area contributed by atoms with E-state index in [1.165, 1.54) is 29.2 Å². The number of halogens is 2. The molecule has 0 aliphatic carbocycles. The fourth-order valence-electron chi connectivity index (χ4n) is 2.81. The zero-order valence-corrected chi connectivity index (χ0v) is 16.1. The largest absolute Gasteiger partial charge is 0.484 e. The summed E-state index contributed by atoms with van der Waals surface area (Å²) in [5.41, 5.74) is 0. The Kier molecular flexibility index (Phi) is 5.67. The van der Waals surface area contributed by atoms with Crippen molar-refractivity contribution in [3.63, 3.8) is 0 Å². The average molecular weight is 446 g/mol. The second-order valence-corrected chi connectivity index (χ2v) is 9.04. The molecular formula is C17H17BrFNO5S. The van der Waals surface area contributed by atoms with Gasteiger partial charge in [0, 0.05) is 6.04 Å². The quantitative estimate of drug-likeness (QED) is 0.682. The van der Waals surface area contributed by atoms with Crippen LogP contribution in [-0.2, 0) is 21.2 Å². The van der Waals surface area contributed by atoms with Gasteiger partial charge in [-0.1, -0.05) is 0 Å². The van der Waals surface area contributed by atoms with E-state index in [4.69, 9.17) is 9.15 Å². The molecule has 1 amide bonds. The predicted octanol–water partition coefficient (Wildman–Crippen LogP) is 2.78. The van der Waals surface area contributed by atoms with Crippen molar-refractivity contribution in [1.82, 2.24) is 4.90 Å². The summed E-state index contributed by atoms with van der Waals surface area (Å²) in [6.45, 7) is -0.124. The van der Waals surface area contributed by atoms with Crippen molar-refractivity contribution >= 4 is 31.7 Å². The minimum absolute atomic E-state index is 0.0577. The molecule has 26 heavy (non-hydrogen) atoms. The van der Waals surface area contributed by atoms with Gasteiger partial charge in [-0.15, -0.1) is 0 Å². The lowest BCUT2D eigenvalue weighted by molar-refractivity contribution is -0.136. The monoisotopic (exact) mass is 445 g/mol. The number of carbonyl (C=O) groups is 1. The Morgan fingerprint density at radius 3 is 2.58 bits per heavy atom. The average Bonchev–Trinajstić information content (AvgIpc) is 3.16. The van der Waals surface area contributed by atoms with Crippen LogP contribution in [0.4, 0.5) is 4.39 Å². The van der Waals surface area contributed by atoms with E-state index in [0.29, 0.717) is 22.6 Å². The van der Waals surface area contributed by atoms with Crippen LogP contribution in [0.25, 0.3) is 0 Å². The fourth-order valence-corrected chi connectivity index (χ4v) is 4.88. The minimum Gasteiger partial charge on any atom is -0.484 e. The summed E-state index contributed by atoms with van der Waals surface area (Å²) in [6.07, 6.45) is 0.381. The van der Waals surface area contributed by atoms with Crippen LogP contribution in [0, 0.1) is 5.82 Å². The maximum Gasteiger partial charge on any atom is 0.261 e. The Morgan fingerprint density at radius 2 is 2.00 bits per heavy atom. The van der Waals surface area contributed by atoms with Crippen molar-refractivity contribution in [3.8, 4) is 5.75 Å². The Morgan fingerprint density at radius 1 is 1.27 bits per heavy atom. The van der Waals surface area contributed by atoms with Crippen LogP contribution < -0.4 is 4.74 Å². The van der Waals surface area contributed by atoms with Crippen molar-refractivity contribution in [3.05, 3.63) is 52.6 Å². The molecule has 2 aromatic rings. The molecule has 1 aliphatic heterocycles. The van der Waals surface area contributed by atoms with Gasteiger partial charge in [0.1, 0.15) is 17.3 Å². The first-order chi connectivity index (χ1) is 12.3. The van der Waals surface area contributed by atoms with E-state index in [9.17, 15) is 17.6 Å². The van der Waals surface area contributed by atoms with Crippen LogP contribution in [0.2, 0.25) is 0 Å². The lowest BCUT2D eigenvalue weighted by Crippen LogP contribution is -2.43. The number of benzene rings is 1. The van der Waals surface area contributed by atoms with Gasteiger partial charge in [0.15, 0.2) is 21.1 Å². The lowest BCUT2D eigenvalue weighted by atomic mass is 10.2. The maximum absolute atomic E-state index is 12.9. The highest BCUT2D eigenvalue weighted by atomic mass is 79.9. The van der Waals surface area contributed by atoms with Crippen LogP contribution in [-0.4, -0.2) is 43.4 Å². The predicted molar refractivity (Wildman–Crippen MR) is 95.9 cm³/mol. The number of carbonyl (C=O) groups excluding carboxylic acids is 1. The van der Waals surface area contributed by atoms with Crippen LogP contribution >= 0.6 is 15.9 Å². The van der Waals surface area contributed by atoms with E-state index < -0.39 is 21.7 Å². The van der Waals surface area contributed by atoms with Crippen LogP contribution in [0.15, 0.2) is 45.5 Å². The van der Waals surface area contributed by atoms with E-state index in [0.717, 1.165) is 0 Å². The number of ether oxygens (including phenoxy) is 1. The summed E-state index contributed by atoms with van der Waals surface area (Å²) in [5.74, 6) is 0.129. The summed E-state index contributed by atoms with van der Waals surface area (Å²) in [5, 5.41) is 0. The molecule has 3 rings (SSSR count). The Hall–Kier alpha value is -1.87. The maximum atomic E-state index is 12.9. The van der Waals surface area contributed by atoms with Crippen molar-refractivity contribution in [2.75, 3.05) is 18.1 Å². The molecule has 1 atom stereocenters. The molecule has 0 unspecified atom stereocenters. The number of nitrogens with zero attached hydrogens (tertiary/aromatic N) is 1. The molecule has 0 spiro atoms. The number of furan rings is 1. The molecule has 1 aromatic heterocycles. The molecular weight excluding hydrogens is 429 g/mol. The summed E-state index contributed by atoms with van der Waals surface area (Å²) in [4.78, 5) is 14.1. The molecule has 0 radical (unpaired) electrons. The van der Waals surface area contributed by atoms with Gasteiger partial charge in [0.05, 0.1) is 18.1 Å². The number of amides is 1. The zero-order valence-electron chi connectivity index (χ0n) is 13.7. The van der Waals surface area contributed by atoms with Crippen LogP contribution in [0.1, 0.15) is 12.2 Å². The second kappa shape index (κ2) is 7.79. The van der Waals surface area contributed by atoms with E-state index in [2.05, 4.69) is 15.9 Å². The molecule has 140 valence electrons. The van der Waals surface area contributed by atoms with Crippen LogP contribution in [0.3, 0.4) is 0 Å². The normalized spacial score (nSPS) is 18.6. The number of hydrogen-bond acceptors (Lipinski definition) is 5. The topological polar surface area (TPSA) is 76.8 Å². The first-order valence-corrected chi connectivity index (χ1v) is 10.6. The first-order valence-electron chi connectivity index (χ1n) is 7.95. The molecule has 1 aliphatic rings. The van der Waals surface area contributed by atoms with E-state index in [-0.39, 0.29) is 30.6 Å². The van der Waals surface area contributed by atoms with Gasteiger partial charge >= 0.3 is 0 Å². The fraction of sp³-hybridized carbons (Fsp3) is 0.353. The molecule has 0 bridgehead atoms. The zero-order chi connectivity index (χ0) is 18.7. The molecule has 6 nitrogen and oxygen atoms in total. The lowest BCUT2D eigenvalue weighted by Gasteiger charge is -2.27. The number of hydrogen-bond donors (Lipinski definition) is 0. The van der Waals surface area contributed by atoms with E-state index >= 15 is 0 Å². The van der Waals surface area contributed by atoms with E-state index in [1.807, 2.05) is 0 Å². The molecule has 0 saturated carbocycles. The standard InChI is InChI=1S/C17H17BrFNO5S/c18-16-6-5-15(25-16)9-20(13-7-8-26(22,23)11-13)17(21)10-24-14-3-1-12(19)2-4-14/h1-6,13H,7-11H2/t13-/m1/s1. The number of rotatable bonds is 6. The molecule has 0 N–H and O–H groups in total. The summed E-state index contributed by atoms with van der Waals surface area (Å²) < 4.78 is 47.9. The summed E-state index contributed by atoms with van der Waals surface area (Å²) >= 11 is 3.21. The summed E-state index contributed by atoms with van der Waals surface area (Å²) in [6, 6.07) is 8.33. The van der Waals surface area contributed by atoms with Crippen LogP contribution in [0.5, 0.6) is 5.75 Å². The third-order valence-electron chi connectivity index (χ3n) is 4.10. The highest BCUT2D eigenvalue weighted by molar-refractivity contribution is 9.10. The molecule has 1 saturated heterocycles. The van der Waals surface area contributed by atoms with Gasteiger partial charge in [-0.2, -0.15) is 0 Å². The Bertz CT molecular complexity index is 881. The first kappa shape index (κ1) is 18.9. The Balaban J connectivity index is 1.71. The molecule has 2 heterocycles. The highest BCUT2D eigenvalue weighted by Crippen LogP contribution is 2.23. The highest BCUT2D eigenvalue weighted by Gasteiger charge is 2.35. The summed E-state index contributed by atoms with van der Waals surface area (Å²) in [7, 11) is -3.15. The van der Waals surface area contributed by atoms with Gasteiger partial charge < -0.3 is 14.1 Å². The third-order valence-corrected chi connectivity index (χ3v) is 6.28. The van der Waals surface area contributed by atoms with Gasteiger partial charge in [-0.05, 0) is 58.7 Å². The number of sulfone groups is 1. The molecule has 1 fully saturated rings. The van der Waals surface area contributed by atoms with Crippen molar-refractivity contribution < 1.29 is 26.8 Å². The smallest absolute Gasteiger partial charge is 0.261 e. The van der Waals surface area contributed by atoms with Gasteiger partial charge in [0.25, 0.3) is 5.91 Å². The molecule has 9 heteroatoms. The van der Waals surface area contributed by atoms with Crippen molar-refractivity contribution in [2.24, 2.45) is 0 Å². The van der Waals surface area contributed by atoms with Gasteiger partial charge in [-0.25, -0.2) is 12.8 Å². The van der Waals surface area contributed by atoms with Crippen molar-refractivity contribution in [2.45, 2.75) is 19.0 Å². The van der Waals surface area contributed by atoms with Gasteiger partial charge in [-0.3, -0.25) is 4.79 Å². The Labute approximate surface area is 159 Å². The minimum atomic E-state index is -3.15. The third kappa shape index (κ3) is 4.85. The van der Waals surface area contributed by atoms with E-state index in [1.54, 1.807) is 12.1 Å². The van der Waals surface area contributed by atoms with Crippen molar-refractivity contribution in [1.29, 1.82) is 0 Å². The molecule has 1 aromatic carbocycles. The van der Waals surface area contributed by atoms with Gasteiger partial charge in [0.2, 0.25) is 0 Å². The SMILES string of the molecule is O=C(COc1ccc(F)cc1)N(Cc1ccc(Br)o1)[C@@H]1CCS(=O)(=O)C1.